The average molecular weight is 278 g/mol. The first-order valence-electron chi connectivity index (χ1n) is 7.59. The lowest BCUT2D eigenvalue weighted by molar-refractivity contribution is 0.166. The lowest BCUT2D eigenvalue weighted by Crippen LogP contribution is -2.39. The molecule has 0 aromatic heterocycles. The van der Waals surface area contributed by atoms with Crippen molar-refractivity contribution in [1.82, 2.24) is 10.2 Å². The smallest absolute Gasteiger partial charge is 0.124 e. The summed E-state index contributed by atoms with van der Waals surface area (Å²) in [4.78, 5) is 2.33. The SMILES string of the molecule is CCN(CC1CCCNC1)C(C)c1c(O)cccc1O. The van der Waals surface area contributed by atoms with Crippen LogP contribution in [0.3, 0.4) is 0 Å². The van der Waals surface area contributed by atoms with E-state index in [-0.39, 0.29) is 17.5 Å². The second kappa shape index (κ2) is 6.95. The first kappa shape index (κ1) is 15.1. The minimum Gasteiger partial charge on any atom is -0.507 e. The van der Waals surface area contributed by atoms with Gasteiger partial charge in [0.1, 0.15) is 11.5 Å². The van der Waals surface area contributed by atoms with Gasteiger partial charge in [0, 0.05) is 12.6 Å². The van der Waals surface area contributed by atoms with Crippen molar-refractivity contribution in [2.75, 3.05) is 26.2 Å². The van der Waals surface area contributed by atoms with Gasteiger partial charge in [0.2, 0.25) is 0 Å². The lowest BCUT2D eigenvalue weighted by Gasteiger charge is -2.34. The molecule has 1 aromatic carbocycles. The van der Waals surface area contributed by atoms with E-state index in [1.54, 1.807) is 18.2 Å². The van der Waals surface area contributed by atoms with Crippen LogP contribution in [0.1, 0.15) is 38.3 Å². The number of nitrogens with zero attached hydrogens (tertiary/aromatic N) is 1. The Morgan fingerprint density at radius 2 is 2.05 bits per heavy atom. The minimum absolute atomic E-state index is 0.0168. The van der Waals surface area contributed by atoms with Crippen LogP contribution < -0.4 is 5.32 Å². The van der Waals surface area contributed by atoms with Crippen LogP contribution in [-0.2, 0) is 0 Å². The number of benzene rings is 1. The molecule has 20 heavy (non-hydrogen) atoms. The largest absolute Gasteiger partial charge is 0.507 e. The monoisotopic (exact) mass is 278 g/mol. The number of rotatable bonds is 5. The summed E-state index contributed by atoms with van der Waals surface area (Å²) in [6.07, 6.45) is 2.49. The Bertz CT molecular complexity index is 410. The number of piperidine rings is 1. The highest BCUT2D eigenvalue weighted by atomic mass is 16.3. The summed E-state index contributed by atoms with van der Waals surface area (Å²) in [6, 6.07) is 4.97. The van der Waals surface area contributed by atoms with Crippen molar-refractivity contribution in [3.63, 3.8) is 0 Å². The zero-order valence-electron chi connectivity index (χ0n) is 12.5. The predicted molar refractivity (Wildman–Crippen MR) is 81.0 cm³/mol. The molecule has 1 aliphatic rings. The molecule has 1 fully saturated rings. The first-order chi connectivity index (χ1) is 9.63. The summed E-state index contributed by atoms with van der Waals surface area (Å²) in [7, 11) is 0. The Hall–Kier alpha value is -1.26. The highest BCUT2D eigenvalue weighted by molar-refractivity contribution is 5.44. The van der Waals surface area contributed by atoms with E-state index in [2.05, 4.69) is 24.1 Å². The Morgan fingerprint density at radius 1 is 1.35 bits per heavy atom. The topological polar surface area (TPSA) is 55.7 Å². The van der Waals surface area contributed by atoms with E-state index in [1.165, 1.54) is 12.8 Å². The molecule has 0 bridgehead atoms. The Labute approximate surface area is 121 Å². The van der Waals surface area contributed by atoms with Crippen molar-refractivity contribution in [2.24, 2.45) is 5.92 Å². The average Bonchev–Trinajstić information content (AvgIpc) is 2.45. The number of hydrogen-bond donors (Lipinski definition) is 3. The van der Waals surface area contributed by atoms with Crippen LogP contribution in [-0.4, -0.2) is 41.3 Å². The van der Waals surface area contributed by atoms with Crippen LogP contribution in [0.15, 0.2) is 18.2 Å². The summed E-state index contributed by atoms with van der Waals surface area (Å²) in [5, 5.41) is 23.5. The maximum absolute atomic E-state index is 10.0. The van der Waals surface area contributed by atoms with Gasteiger partial charge < -0.3 is 15.5 Å². The van der Waals surface area contributed by atoms with Gasteiger partial charge in [-0.2, -0.15) is 0 Å². The van der Waals surface area contributed by atoms with E-state index in [1.807, 2.05) is 0 Å². The first-order valence-corrected chi connectivity index (χ1v) is 7.59. The van der Waals surface area contributed by atoms with Crippen molar-refractivity contribution in [1.29, 1.82) is 0 Å². The van der Waals surface area contributed by atoms with Gasteiger partial charge in [0.05, 0.1) is 5.56 Å². The molecule has 0 amide bonds. The van der Waals surface area contributed by atoms with Crippen LogP contribution in [0, 0.1) is 5.92 Å². The predicted octanol–water partition coefficient (Wildman–Crippen LogP) is 2.48. The Kier molecular flexibility index (Phi) is 5.26. The summed E-state index contributed by atoms with van der Waals surface area (Å²) in [5.41, 5.74) is 0.637. The van der Waals surface area contributed by atoms with Crippen LogP contribution in [0.2, 0.25) is 0 Å². The standard InChI is InChI=1S/C16H26N2O2/c1-3-18(11-13-6-5-9-17-10-13)12(2)16-14(19)7-4-8-15(16)20/h4,7-8,12-13,17,19-20H,3,5-6,9-11H2,1-2H3. The van der Waals surface area contributed by atoms with E-state index in [0.717, 1.165) is 26.2 Å². The van der Waals surface area contributed by atoms with E-state index >= 15 is 0 Å². The number of phenols is 2. The van der Waals surface area contributed by atoms with Crippen molar-refractivity contribution in [3.8, 4) is 11.5 Å². The summed E-state index contributed by atoms with van der Waals surface area (Å²) >= 11 is 0. The fourth-order valence-corrected chi connectivity index (χ4v) is 3.12. The maximum atomic E-state index is 10.0. The highest BCUT2D eigenvalue weighted by Crippen LogP contribution is 2.35. The van der Waals surface area contributed by atoms with E-state index in [0.29, 0.717) is 11.5 Å². The van der Waals surface area contributed by atoms with Gasteiger partial charge in [-0.1, -0.05) is 13.0 Å². The molecule has 1 saturated heterocycles. The third-order valence-electron chi connectivity index (χ3n) is 4.32. The Morgan fingerprint density at radius 3 is 2.60 bits per heavy atom. The van der Waals surface area contributed by atoms with Gasteiger partial charge in [-0.05, 0) is 57.5 Å². The van der Waals surface area contributed by atoms with Crippen LogP contribution in [0.4, 0.5) is 0 Å². The van der Waals surface area contributed by atoms with Crippen LogP contribution >= 0.6 is 0 Å². The van der Waals surface area contributed by atoms with E-state index < -0.39 is 0 Å². The molecule has 2 unspecified atom stereocenters. The van der Waals surface area contributed by atoms with E-state index in [9.17, 15) is 10.2 Å². The second-order valence-corrected chi connectivity index (χ2v) is 5.69. The van der Waals surface area contributed by atoms with Crippen molar-refractivity contribution in [3.05, 3.63) is 23.8 Å². The fraction of sp³-hybridized carbons (Fsp3) is 0.625. The zero-order valence-corrected chi connectivity index (χ0v) is 12.5. The molecule has 2 atom stereocenters. The quantitative estimate of drug-likeness (QED) is 0.774. The number of nitrogens with one attached hydrogen (secondary N) is 1. The summed E-state index contributed by atoms with van der Waals surface area (Å²) in [5.74, 6) is 1.01. The molecule has 2 rings (SSSR count). The third-order valence-corrected chi connectivity index (χ3v) is 4.32. The molecule has 3 N–H and O–H groups in total. The highest BCUT2D eigenvalue weighted by Gasteiger charge is 2.24. The lowest BCUT2D eigenvalue weighted by atomic mass is 9.97. The fourth-order valence-electron chi connectivity index (χ4n) is 3.12. The normalized spacial score (nSPS) is 21.1. The summed E-state index contributed by atoms with van der Waals surface area (Å²) in [6.45, 7) is 8.27. The molecular formula is C16H26N2O2. The molecule has 4 nitrogen and oxygen atoms in total. The number of hydrogen-bond acceptors (Lipinski definition) is 4. The molecular weight excluding hydrogens is 252 g/mol. The molecule has 0 radical (unpaired) electrons. The minimum atomic E-state index is 0.0168. The third kappa shape index (κ3) is 3.44. The van der Waals surface area contributed by atoms with Crippen molar-refractivity contribution >= 4 is 0 Å². The van der Waals surface area contributed by atoms with Crippen LogP contribution in [0.25, 0.3) is 0 Å². The molecule has 1 heterocycles. The molecule has 4 heteroatoms. The second-order valence-electron chi connectivity index (χ2n) is 5.69. The van der Waals surface area contributed by atoms with Gasteiger partial charge in [-0.15, -0.1) is 0 Å². The van der Waals surface area contributed by atoms with E-state index in [4.69, 9.17) is 0 Å². The number of phenolic OH excluding ortho intramolecular Hbond substituents is 2. The molecule has 112 valence electrons. The molecule has 0 aliphatic carbocycles. The number of aromatic hydroxyl groups is 2. The molecule has 0 spiro atoms. The van der Waals surface area contributed by atoms with Crippen LogP contribution in [0.5, 0.6) is 11.5 Å². The Balaban J connectivity index is 2.09. The molecule has 1 aliphatic heterocycles. The maximum Gasteiger partial charge on any atom is 0.124 e. The van der Waals surface area contributed by atoms with Gasteiger partial charge in [0.25, 0.3) is 0 Å². The van der Waals surface area contributed by atoms with Gasteiger partial charge in [-0.3, -0.25) is 4.90 Å². The van der Waals surface area contributed by atoms with Crippen molar-refractivity contribution < 1.29 is 10.2 Å². The summed E-state index contributed by atoms with van der Waals surface area (Å²) < 4.78 is 0. The van der Waals surface area contributed by atoms with Crippen molar-refractivity contribution in [2.45, 2.75) is 32.7 Å². The van der Waals surface area contributed by atoms with Gasteiger partial charge in [-0.25, -0.2) is 0 Å². The molecule has 0 saturated carbocycles. The molecule has 1 aromatic rings. The van der Waals surface area contributed by atoms with Gasteiger partial charge >= 0.3 is 0 Å². The van der Waals surface area contributed by atoms with Gasteiger partial charge in [0.15, 0.2) is 0 Å². The zero-order chi connectivity index (χ0) is 14.5.